The van der Waals surface area contributed by atoms with Gasteiger partial charge in [0.1, 0.15) is 5.76 Å². The second kappa shape index (κ2) is 11.7. The average molecular weight is 498 g/mol. The van der Waals surface area contributed by atoms with Crippen molar-refractivity contribution in [2.45, 2.75) is 38.6 Å². The number of fused-ring (bicyclic) bond motifs is 2. The Bertz CT molecular complexity index is 1210. The molecule has 0 atom stereocenters. The second-order valence-electron chi connectivity index (χ2n) is 9.08. The predicted molar refractivity (Wildman–Crippen MR) is 147 cm³/mol. The molecule has 1 aliphatic heterocycles. The molecule has 2 aliphatic carbocycles. The van der Waals surface area contributed by atoms with Gasteiger partial charge in [0, 0.05) is 12.1 Å². The fourth-order valence-electron chi connectivity index (χ4n) is 5.06. The lowest BCUT2D eigenvalue weighted by atomic mass is 9.89. The molecule has 3 aliphatic rings. The molecule has 6 heteroatoms. The predicted octanol–water partition coefficient (Wildman–Crippen LogP) is 4.71. The number of anilines is 1. The Morgan fingerprint density at radius 3 is 2.56 bits per heavy atom. The van der Waals surface area contributed by atoms with Gasteiger partial charge in [-0.15, -0.1) is 24.8 Å². The van der Waals surface area contributed by atoms with Crippen LogP contribution in [0.3, 0.4) is 0 Å². The van der Waals surface area contributed by atoms with Crippen LogP contribution in [-0.2, 0) is 13.0 Å². The van der Waals surface area contributed by atoms with Crippen LogP contribution in [0.5, 0.6) is 0 Å². The Labute approximate surface area is 214 Å². The Balaban J connectivity index is 0.00000162. The van der Waals surface area contributed by atoms with E-state index in [-0.39, 0.29) is 24.8 Å². The third-order valence-electron chi connectivity index (χ3n) is 6.94. The molecule has 2 heterocycles. The van der Waals surface area contributed by atoms with E-state index in [0.29, 0.717) is 17.4 Å². The molecule has 34 heavy (non-hydrogen) atoms. The molecular formula is C28H33Cl2N3O. The quantitative estimate of drug-likeness (QED) is 0.641. The molecule has 0 radical (unpaired) electrons. The second-order valence-corrected chi connectivity index (χ2v) is 9.08. The first-order valence-electron chi connectivity index (χ1n) is 11.7. The number of piperidine rings is 1. The van der Waals surface area contributed by atoms with Gasteiger partial charge in [-0.25, -0.2) is 0 Å². The van der Waals surface area contributed by atoms with Crippen LogP contribution < -0.4 is 16.3 Å². The number of nitrogen functional groups attached to an aromatic ring is 1. The number of aliphatic hydroxyl groups excluding tert-OH is 1. The van der Waals surface area contributed by atoms with Crippen LogP contribution >= 0.6 is 24.8 Å². The number of hydrogen-bond acceptors (Lipinski definition) is 4. The number of allylic oxidation sites excluding steroid dienone is 4. The Morgan fingerprint density at radius 2 is 1.79 bits per heavy atom. The molecule has 4 nitrogen and oxygen atoms in total. The first-order valence-corrected chi connectivity index (χ1v) is 11.7. The van der Waals surface area contributed by atoms with Gasteiger partial charge in [-0.1, -0.05) is 60.7 Å². The number of aryl methyl sites for hydroxylation is 1. The topological polar surface area (TPSA) is 62.4 Å². The van der Waals surface area contributed by atoms with Gasteiger partial charge in [0.25, 0.3) is 0 Å². The summed E-state index contributed by atoms with van der Waals surface area (Å²) in [5, 5.41) is 12.7. The van der Waals surface area contributed by atoms with E-state index in [9.17, 15) is 5.11 Å². The lowest BCUT2D eigenvalue weighted by Gasteiger charge is -2.31. The number of rotatable bonds is 4. The van der Waals surface area contributed by atoms with Crippen molar-refractivity contribution in [2.75, 3.05) is 18.8 Å². The third-order valence-corrected chi connectivity index (χ3v) is 6.94. The summed E-state index contributed by atoms with van der Waals surface area (Å²) in [6, 6.07) is 10.7. The Kier molecular flexibility index (Phi) is 9.01. The molecule has 0 saturated carbocycles. The first-order chi connectivity index (χ1) is 15.7. The third kappa shape index (κ3) is 5.57. The normalized spacial score (nSPS) is 18.8. The van der Waals surface area contributed by atoms with Crippen LogP contribution in [0.4, 0.5) is 5.69 Å². The van der Waals surface area contributed by atoms with Crippen LogP contribution in [-0.4, -0.2) is 28.1 Å². The smallest absolute Gasteiger partial charge is 0.129 e. The van der Waals surface area contributed by atoms with Gasteiger partial charge in [-0.3, -0.25) is 9.88 Å². The molecule has 1 aromatic heterocycles. The molecule has 5 rings (SSSR count). The van der Waals surface area contributed by atoms with E-state index >= 15 is 0 Å². The van der Waals surface area contributed by atoms with Crippen molar-refractivity contribution >= 4 is 48.4 Å². The Hall–Kier alpha value is -2.53. The standard InChI is InChI=1S/C28H31N3O.2ClH/c29-27-23-9-5-2-6-10-24(23)30-25-14-13-22(28(32)26(25)27)12-11-20-15-17-31(18-16-20)19-21-7-3-1-4-8-21;;/h1-10,12,20,32H,11,13-19,29H2;2*1H. The maximum absolute atomic E-state index is 11.1. The van der Waals surface area contributed by atoms with Crippen LogP contribution in [0.2, 0.25) is 0 Å². The van der Waals surface area contributed by atoms with Crippen molar-refractivity contribution in [1.29, 1.82) is 0 Å². The van der Waals surface area contributed by atoms with E-state index in [1.54, 1.807) is 0 Å². The summed E-state index contributed by atoms with van der Waals surface area (Å²) < 4.78 is 0. The zero-order chi connectivity index (χ0) is 21.9. The lowest BCUT2D eigenvalue weighted by Crippen LogP contribution is -2.33. The number of hydrogen-bond donors (Lipinski definition) is 2. The molecule has 0 spiro atoms. The molecule has 1 fully saturated rings. The van der Waals surface area contributed by atoms with E-state index in [1.165, 1.54) is 18.4 Å². The van der Waals surface area contributed by atoms with E-state index in [1.807, 2.05) is 30.4 Å². The summed E-state index contributed by atoms with van der Waals surface area (Å²) in [5.41, 5.74) is 11.4. The summed E-state index contributed by atoms with van der Waals surface area (Å²) in [6.07, 6.45) is 17.2. The minimum atomic E-state index is 0. The van der Waals surface area contributed by atoms with Crippen LogP contribution in [0.25, 0.3) is 17.9 Å². The van der Waals surface area contributed by atoms with Crippen molar-refractivity contribution < 1.29 is 5.11 Å². The maximum atomic E-state index is 11.1. The minimum Gasteiger partial charge on any atom is -0.507 e. The van der Waals surface area contributed by atoms with Crippen LogP contribution in [0, 0.1) is 5.92 Å². The number of aromatic nitrogens is 1. The highest BCUT2D eigenvalue weighted by atomic mass is 35.5. The summed E-state index contributed by atoms with van der Waals surface area (Å²) in [6.45, 7) is 3.32. The van der Waals surface area contributed by atoms with Gasteiger partial charge >= 0.3 is 0 Å². The molecule has 0 unspecified atom stereocenters. The fraction of sp³-hybridized carbons (Fsp3) is 0.321. The van der Waals surface area contributed by atoms with E-state index < -0.39 is 0 Å². The highest BCUT2D eigenvalue weighted by molar-refractivity contribution is 5.85. The number of pyridine rings is 1. The number of benzene rings is 1. The molecule has 1 saturated heterocycles. The van der Waals surface area contributed by atoms with Crippen molar-refractivity contribution in [1.82, 2.24) is 9.88 Å². The van der Waals surface area contributed by atoms with Crippen LogP contribution in [0.1, 0.15) is 42.5 Å². The highest BCUT2D eigenvalue weighted by Crippen LogP contribution is 2.26. The van der Waals surface area contributed by atoms with Gasteiger partial charge in [-0.2, -0.15) is 0 Å². The van der Waals surface area contributed by atoms with E-state index in [2.05, 4.69) is 41.3 Å². The number of nitrogens with zero attached hydrogens (tertiary/aromatic N) is 2. The molecule has 0 amide bonds. The van der Waals surface area contributed by atoms with Gasteiger partial charge in [0.2, 0.25) is 0 Å². The Morgan fingerprint density at radius 1 is 1.03 bits per heavy atom. The minimum absolute atomic E-state index is 0. The summed E-state index contributed by atoms with van der Waals surface area (Å²) >= 11 is 0. The van der Waals surface area contributed by atoms with Crippen molar-refractivity contribution in [3.8, 4) is 0 Å². The largest absolute Gasteiger partial charge is 0.507 e. The van der Waals surface area contributed by atoms with Crippen molar-refractivity contribution in [3.05, 3.63) is 87.6 Å². The average Bonchev–Trinajstić information content (AvgIpc) is 3.06. The summed E-state index contributed by atoms with van der Waals surface area (Å²) in [4.78, 5) is 7.35. The monoisotopic (exact) mass is 497 g/mol. The number of likely N-dealkylation sites (tertiary alicyclic amines) is 1. The number of aliphatic hydroxyl groups is 1. The summed E-state index contributed by atoms with van der Waals surface area (Å²) in [5.74, 6) is 1.00. The van der Waals surface area contributed by atoms with Crippen molar-refractivity contribution in [2.24, 2.45) is 5.92 Å². The zero-order valence-electron chi connectivity index (χ0n) is 19.3. The summed E-state index contributed by atoms with van der Waals surface area (Å²) in [7, 11) is 0. The van der Waals surface area contributed by atoms with Crippen molar-refractivity contribution in [3.63, 3.8) is 0 Å². The van der Waals surface area contributed by atoms with Crippen LogP contribution in [0.15, 0.2) is 60.2 Å². The SMILES string of the molecule is Cl.Cl.Nc1c2c(nc3c1=C(O)C(=CCC1CCN(Cc4ccccc4)CC1)CC3)=CC=CC=C2. The van der Waals surface area contributed by atoms with E-state index in [4.69, 9.17) is 10.7 Å². The highest BCUT2D eigenvalue weighted by Gasteiger charge is 2.22. The molecule has 3 N–H and O–H groups in total. The molecule has 1 aromatic carbocycles. The van der Waals surface area contributed by atoms with E-state index in [0.717, 1.165) is 66.3 Å². The zero-order valence-corrected chi connectivity index (χ0v) is 21.0. The first kappa shape index (κ1) is 26.1. The maximum Gasteiger partial charge on any atom is 0.129 e. The van der Waals surface area contributed by atoms with Gasteiger partial charge < -0.3 is 10.8 Å². The van der Waals surface area contributed by atoms with Gasteiger partial charge in [-0.05, 0) is 68.3 Å². The lowest BCUT2D eigenvalue weighted by molar-refractivity contribution is 0.178. The fourth-order valence-corrected chi connectivity index (χ4v) is 5.06. The molecular weight excluding hydrogens is 465 g/mol. The van der Waals surface area contributed by atoms with Gasteiger partial charge in [0.05, 0.1) is 21.9 Å². The van der Waals surface area contributed by atoms with Gasteiger partial charge in [0.15, 0.2) is 0 Å². The number of nitrogens with two attached hydrogens (primary N) is 1. The molecule has 2 aromatic rings. The molecule has 0 bridgehead atoms. The number of halogens is 2. The molecule has 180 valence electrons.